The fourth-order valence-electron chi connectivity index (χ4n) is 1.54. The second-order valence-corrected chi connectivity index (χ2v) is 4.94. The lowest BCUT2D eigenvalue weighted by atomic mass is 9.90. The van der Waals surface area contributed by atoms with E-state index < -0.39 is 11.7 Å². The van der Waals surface area contributed by atoms with Gasteiger partial charge < -0.3 is 4.42 Å². The molecule has 0 aliphatic rings. The van der Waals surface area contributed by atoms with Crippen LogP contribution in [-0.2, 0) is 11.6 Å². The van der Waals surface area contributed by atoms with E-state index in [1.807, 2.05) is 20.8 Å². The molecule has 0 saturated carbocycles. The number of hydrogen-bond acceptors (Lipinski definition) is 2. The molecule has 0 aliphatic heterocycles. The third kappa shape index (κ3) is 2.21. The fourth-order valence-corrected chi connectivity index (χ4v) is 1.54. The summed E-state index contributed by atoms with van der Waals surface area (Å²) < 4.78 is 43.2. The minimum Gasteiger partial charge on any atom is -0.440 e. The third-order valence-electron chi connectivity index (χ3n) is 3.18. The average molecular weight is 257 g/mol. The number of halogens is 3. The Labute approximate surface area is 103 Å². The number of fused-ring (bicyclic) bond motifs is 1. The van der Waals surface area contributed by atoms with Crippen LogP contribution in [0.3, 0.4) is 0 Å². The monoisotopic (exact) mass is 257 g/mol. The predicted octanol–water partition coefficient (Wildman–Crippen LogP) is 4.53. The minimum atomic E-state index is -4.35. The van der Waals surface area contributed by atoms with Crippen molar-refractivity contribution in [3.8, 4) is 0 Å². The fraction of sp³-hybridized carbons (Fsp3) is 0.462. The molecule has 0 N–H and O–H groups in total. The zero-order valence-corrected chi connectivity index (χ0v) is 10.4. The molecule has 1 heterocycles. The Morgan fingerprint density at radius 3 is 2.44 bits per heavy atom. The van der Waals surface area contributed by atoms with Crippen LogP contribution in [0.25, 0.3) is 11.1 Å². The van der Waals surface area contributed by atoms with Gasteiger partial charge in [0, 0.05) is 5.41 Å². The summed E-state index contributed by atoms with van der Waals surface area (Å²) in [4.78, 5) is 4.16. The van der Waals surface area contributed by atoms with Crippen molar-refractivity contribution in [1.29, 1.82) is 0 Å². The molecule has 1 aromatic carbocycles. The first-order valence-electron chi connectivity index (χ1n) is 5.72. The van der Waals surface area contributed by atoms with Gasteiger partial charge in [0.05, 0.1) is 5.56 Å². The van der Waals surface area contributed by atoms with Gasteiger partial charge in [-0.1, -0.05) is 20.8 Å². The van der Waals surface area contributed by atoms with Crippen molar-refractivity contribution in [3.05, 3.63) is 29.7 Å². The zero-order valence-electron chi connectivity index (χ0n) is 10.4. The van der Waals surface area contributed by atoms with Crippen LogP contribution in [0, 0.1) is 0 Å². The Morgan fingerprint density at radius 2 is 1.89 bits per heavy atom. The van der Waals surface area contributed by atoms with Gasteiger partial charge >= 0.3 is 6.18 Å². The normalized spacial score (nSPS) is 13.2. The van der Waals surface area contributed by atoms with E-state index in [-0.39, 0.29) is 10.9 Å². The maximum atomic E-state index is 12.6. The SMILES string of the molecule is CCC(C)(C)c1nc2cc(C(F)(F)F)ccc2o1. The van der Waals surface area contributed by atoms with Crippen LogP contribution >= 0.6 is 0 Å². The smallest absolute Gasteiger partial charge is 0.416 e. The first-order chi connectivity index (χ1) is 8.24. The van der Waals surface area contributed by atoms with E-state index in [1.54, 1.807) is 0 Å². The van der Waals surface area contributed by atoms with Crippen molar-refractivity contribution < 1.29 is 17.6 Å². The molecule has 0 bridgehead atoms. The number of rotatable bonds is 2. The molecule has 0 atom stereocenters. The quantitative estimate of drug-likeness (QED) is 0.789. The van der Waals surface area contributed by atoms with Gasteiger partial charge in [-0.2, -0.15) is 13.2 Å². The second-order valence-electron chi connectivity index (χ2n) is 4.94. The molecule has 0 aliphatic carbocycles. The van der Waals surface area contributed by atoms with Gasteiger partial charge in [-0.05, 0) is 24.6 Å². The van der Waals surface area contributed by atoms with Crippen molar-refractivity contribution >= 4 is 11.1 Å². The molecular formula is C13H14F3NO. The van der Waals surface area contributed by atoms with Gasteiger partial charge in [-0.25, -0.2) is 4.98 Å². The van der Waals surface area contributed by atoms with Crippen LogP contribution < -0.4 is 0 Å². The third-order valence-corrected chi connectivity index (χ3v) is 3.18. The van der Waals surface area contributed by atoms with Crippen molar-refractivity contribution in [2.45, 2.75) is 38.8 Å². The molecule has 2 aromatic rings. The maximum absolute atomic E-state index is 12.6. The molecule has 0 spiro atoms. The Morgan fingerprint density at radius 1 is 1.22 bits per heavy atom. The average Bonchev–Trinajstić information content (AvgIpc) is 2.71. The highest BCUT2D eigenvalue weighted by Crippen LogP contribution is 2.33. The first kappa shape index (κ1) is 12.9. The highest BCUT2D eigenvalue weighted by Gasteiger charge is 2.31. The predicted molar refractivity (Wildman–Crippen MR) is 62.3 cm³/mol. The van der Waals surface area contributed by atoms with E-state index >= 15 is 0 Å². The van der Waals surface area contributed by atoms with E-state index in [0.717, 1.165) is 18.6 Å². The van der Waals surface area contributed by atoms with E-state index in [9.17, 15) is 13.2 Å². The van der Waals surface area contributed by atoms with Crippen LogP contribution in [-0.4, -0.2) is 4.98 Å². The van der Waals surface area contributed by atoms with E-state index in [4.69, 9.17) is 4.42 Å². The van der Waals surface area contributed by atoms with Crippen LogP contribution in [0.4, 0.5) is 13.2 Å². The number of nitrogens with zero attached hydrogens (tertiary/aromatic N) is 1. The molecule has 0 unspecified atom stereocenters. The van der Waals surface area contributed by atoms with E-state index in [1.165, 1.54) is 6.07 Å². The summed E-state index contributed by atoms with van der Waals surface area (Å²) in [6.45, 7) is 5.88. The van der Waals surface area contributed by atoms with Crippen LogP contribution in [0.2, 0.25) is 0 Å². The molecule has 0 fully saturated rings. The number of oxazole rings is 1. The lowest BCUT2D eigenvalue weighted by Crippen LogP contribution is -2.15. The molecule has 5 heteroatoms. The molecule has 0 radical (unpaired) electrons. The van der Waals surface area contributed by atoms with Crippen molar-refractivity contribution in [2.24, 2.45) is 0 Å². The summed E-state index contributed by atoms with van der Waals surface area (Å²) in [5.41, 5.74) is -0.345. The summed E-state index contributed by atoms with van der Waals surface area (Å²) in [6.07, 6.45) is -3.56. The summed E-state index contributed by atoms with van der Waals surface area (Å²) in [5.74, 6) is 0.472. The zero-order chi connectivity index (χ0) is 13.6. The molecule has 1 aromatic heterocycles. The van der Waals surface area contributed by atoms with Crippen molar-refractivity contribution in [2.75, 3.05) is 0 Å². The first-order valence-corrected chi connectivity index (χ1v) is 5.72. The topological polar surface area (TPSA) is 26.0 Å². The lowest BCUT2D eigenvalue weighted by molar-refractivity contribution is -0.137. The molecule has 2 nitrogen and oxygen atoms in total. The summed E-state index contributed by atoms with van der Waals surface area (Å²) >= 11 is 0. The number of aromatic nitrogens is 1. The van der Waals surface area contributed by atoms with Crippen LogP contribution in [0.1, 0.15) is 38.6 Å². The number of hydrogen-bond donors (Lipinski definition) is 0. The van der Waals surface area contributed by atoms with Gasteiger partial charge in [-0.15, -0.1) is 0 Å². The molecule has 2 rings (SSSR count). The standard InChI is InChI=1S/C13H14F3NO/c1-4-12(2,3)11-17-9-7-8(13(14,15)16)5-6-10(9)18-11/h5-7H,4H2,1-3H3. The molecule has 0 saturated heterocycles. The maximum Gasteiger partial charge on any atom is 0.416 e. The largest absolute Gasteiger partial charge is 0.440 e. The number of alkyl halides is 3. The summed E-state index contributed by atoms with van der Waals surface area (Å²) in [6, 6.07) is 3.35. The summed E-state index contributed by atoms with van der Waals surface area (Å²) in [5, 5.41) is 0. The minimum absolute atomic E-state index is 0.251. The lowest BCUT2D eigenvalue weighted by Gasteiger charge is -2.16. The van der Waals surface area contributed by atoms with E-state index in [0.29, 0.717) is 11.5 Å². The van der Waals surface area contributed by atoms with Gasteiger partial charge in [0.1, 0.15) is 5.52 Å². The van der Waals surface area contributed by atoms with Gasteiger partial charge in [0.2, 0.25) is 5.89 Å². The Bertz CT molecular complexity index is 569. The molecule has 18 heavy (non-hydrogen) atoms. The molecular weight excluding hydrogens is 243 g/mol. The highest BCUT2D eigenvalue weighted by molar-refractivity contribution is 5.73. The molecule has 98 valence electrons. The van der Waals surface area contributed by atoms with E-state index in [2.05, 4.69) is 4.98 Å². The van der Waals surface area contributed by atoms with Gasteiger partial charge in [-0.3, -0.25) is 0 Å². The van der Waals surface area contributed by atoms with Crippen LogP contribution in [0.15, 0.2) is 22.6 Å². The molecule has 0 amide bonds. The second kappa shape index (κ2) is 4.00. The Kier molecular flexibility index (Phi) is 2.87. The summed E-state index contributed by atoms with van der Waals surface area (Å²) in [7, 11) is 0. The van der Waals surface area contributed by atoms with Crippen molar-refractivity contribution in [3.63, 3.8) is 0 Å². The Hall–Kier alpha value is -1.52. The number of benzene rings is 1. The van der Waals surface area contributed by atoms with Crippen molar-refractivity contribution in [1.82, 2.24) is 4.98 Å². The highest BCUT2D eigenvalue weighted by atomic mass is 19.4. The Balaban J connectivity index is 2.53. The van der Waals surface area contributed by atoms with Gasteiger partial charge in [0.25, 0.3) is 0 Å². The van der Waals surface area contributed by atoms with Gasteiger partial charge in [0.15, 0.2) is 5.58 Å². The van der Waals surface area contributed by atoms with Crippen LogP contribution in [0.5, 0.6) is 0 Å².